The Balaban J connectivity index is 2.88. The summed E-state index contributed by atoms with van der Waals surface area (Å²) < 4.78 is 5.51. The van der Waals surface area contributed by atoms with Gasteiger partial charge in [0.2, 0.25) is 5.88 Å². The monoisotopic (exact) mass is 223 g/mol. The van der Waals surface area contributed by atoms with Crippen LogP contribution < -0.4 is 10.5 Å². The van der Waals surface area contributed by atoms with Crippen LogP contribution in [0.2, 0.25) is 0 Å². The molecule has 0 fully saturated rings. The zero-order chi connectivity index (χ0) is 12.1. The molecule has 0 aliphatic rings. The van der Waals surface area contributed by atoms with E-state index in [2.05, 4.69) is 16.9 Å². The number of hydrogen-bond donors (Lipinski definition) is 1. The van der Waals surface area contributed by atoms with E-state index in [0.29, 0.717) is 5.88 Å². The van der Waals surface area contributed by atoms with Crippen molar-refractivity contribution in [3.05, 3.63) is 18.1 Å². The molecule has 0 aliphatic heterocycles. The number of hydrogen-bond acceptors (Lipinski definition) is 4. The Morgan fingerprint density at radius 2 is 2.00 bits per heavy atom. The van der Waals surface area contributed by atoms with Gasteiger partial charge in [0.25, 0.3) is 0 Å². The van der Waals surface area contributed by atoms with Crippen molar-refractivity contribution < 1.29 is 4.74 Å². The molecule has 2 atom stereocenters. The normalized spacial score (nSPS) is 14.9. The second kappa shape index (κ2) is 5.80. The number of nitrogens with two attached hydrogens (primary N) is 1. The minimum Gasteiger partial charge on any atom is -0.474 e. The summed E-state index contributed by atoms with van der Waals surface area (Å²) in [5.41, 5.74) is 6.83. The molecule has 0 saturated heterocycles. The summed E-state index contributed by atoms with van der Waals surface area (Å²) in [4.78, 5) is 8.59. The molecule has 0 saturated carbocycles. The minimum absolute atomic E-state index is 0.0774. The summed E-state index contributed by atoms with van der Waals surface area (Å²) in [5, 5.41) is 0. The quantitative estimate of drug-likeness (QED) is 0.830. The summed E-state index contributed by atoms with van der Waals surface area (Å²) in [5.74, 6) is 0.815. The van der Waals surface area contributed by atoms with Crippen LogP contribution in [0.15, 0.2) is 12.4 Å². The molecule has 4 heteroatoms. The Morgan fingerprint density at radius 3 is 2.50 bits per heavy atom. The van der Waals surface area contributed by atoms with E-state index in [-0.39, 0.29) is 18.1 Å². The van der Waals surface area contributed by atoms with Gasteiger partial charge in [-0.3, -0.25) is 4.98 Å². The highest BCUT2D eigenvalue weighted by molar-refractivity contribution is 5.13. The van der Waals surface area contributed by atoms with E-state index in [4.69, 9.17) is 10.5 Å². The third-order valence-electron chi connectivity index (χ3n) is 2.44. The molecule has 0 radical (unpaired) electrons. The number of aromatic nitrogens is 2. The summed E-state index contributed by atoms with van der Waals surface area (Å²) in [6.45, 7) is 8.03. The van der Waals surface area contributed by atoms with Gasteiger partial charge in [0.1, 0.15) is 0 Å². The van der Waals surface area contributed by atoms with Gasteiger partial charge < -0.3 is 10.5 Å². The van der Waals surface area contributed by atoms with Gasteiger partial charge in [-0.05, 0) is 27.2 Å². The predicted octanol–water partition coefficient (Wildman–Crippen LogP) is 2.10. The fraction of sp³-hybridized carbons (Fsp3) is 0.667. The molecule has 0 bridgehead atoms. The van der Waals surface area contributed by atoms with Gasteiger partial charge in [-0.25, -0.2) is 4.98 Å². The highest BCUT2D eigenvalue weighted by atomic mass is 16.5. The molecular weight excluding hydrogens is 202 g/mol. The average molecular weight is 223 g/mol. The standard InChI is InChI=1S/C12H21N3O/c1-5-10(9(4)13)11-6-14-7-12(15-11)16-8(2)3/h6-10H,5,13H2,1-4H3. The van der Waals surface area contributed by atoms with E-state index in [0.717, 1.165) is 12.1 Å². The molecule has 0 amide bonds. The molecular formula is C12H21N3O. The van der Waals surface area contributed by atoms with Crippen LogP contribution in [0.4, 0.5) is 0 Å². The van der Waals surface area contributed by atoms with E-state index < -0.39 is 0 Å². The molecule has 2 unspecified atom stereocenters. The van der Waals surface area contributed by atoms with Crippen molar-refractivity contribution in [3.63, 3.8) is 0 Å². The van der Waals surface area contributed by atoms with E-state index in [1.54, 1.807) is 12.4 Å². The molecule has 16 heavy (non-hydrogen) atoms. The molecule has 2 N–H and O–H groups in total. The molecule has 1 aromatic heterocycles. The average Bonchev–Trinajstić information content (AvgIpc) is 2.17. The SMILES string of the molecule is CCC(c1cncc(OC(C)C)n1)C(C)N. The number of rotatable bonds is 5. The van der Waals surface area contributed by atoms with Gasteiger partial charge in [-0.2, -0.15) is 0 Å². The van der Waals surface area contributed by atoms with Crippen LogP contribution in [-0.2, 0) is 0 Å². The minimum atomic E-state index is 0.0774. The van der Waals surface area contributed by atoms with Gasteiger partial charge in [0.15, 0.2) is 0 Å². The first-order chi connectivity index (χ1) is 7.54. The highest BCUT2D eigenvalue weighted by Crippen LogP contribution is 2.21. The topological polar surface area (TPSA) is 61.0 Å². The summed E-state index contributed by atoms with van der Waals surface area (Å²) >= 11 is 0. The molecule has 4 nitrogen and oxygen atoms in total. The predicted molar refractivity (Wildman–Crippen MR) is 64.5 cm³/mol. The first-order valence-corrected chi connectivity index (χ1v) is 5.78. The van der Waals surface area contributed by atoms with Crippen LogP contribution in [0.25, 0.3) is 0 Å². The van der Waals surface area contributed by atoms with Gasteiger partial charge in [0.05, 0.1) is 18.0 Å². The fourth-order valence-electron chi connectivity index (χ4n) is 1.69. The van der Waals surface area contributed by atoms with Gasteiger partial charge in [-0.15, -0.1) is 0 Å². The van der Waals surface area contributed by atoms with Crippen LogP contribution >= 0.6 is 0 Å². The lowest BCUT2D eigenvalue weighted by Crippen LogP contribution is -2.25. The lowest BCUT2D eigenvalue weighted by molar-refractivity contribution is 0.230. The maximum Gasteiger partial charge on any atom is 0.232 e. The maximum atomic E-state index is 5.92. The smallest absolute Gasteiger partial charge is 0.232 e. The van der Waals surface area contributed by atoms with Crippen molar-refractivity contribution in [1.82, 2.24) is 9.97 Å². The van der Waals surface area contributed by atoms with Gasteiger partial charge >= 0.3 is 0 Å². The lowest BCUT2D eigenvalue weighted by Gasteiger charge is -2.18. The lowest BCUT2D eigenvalue weighted by atomic mass is 9.96. The first kappa shape index (κ1) is 12.9. The zero-order valence-electron chi connectivity index (χ0n) is 10.5. The molecule has 1 rings (SSSR count). The highest BCUT2D eigenvalue weighted by Gasteiger charge is 2.16. The number of nitrogens with zero attached hydrogens (tertiary/aromatic N) is 2. The molecule has 0 aromatic carbocycles. The number of ether oxygens (including phenoxy) is 1. The fourth-order valence-corrected chi connectivity index (χ4v) is 1.69. The Morgan fingerprint density at radius 1 is 1.31 bits per heavy atom. The molecule has 0 spiro atoms. The van der Waals surface area contributed by atoms with E-state index >= 15 is 0 Å². The van der Waals surface area contributed by atoms with Crippen LogP contribution in [0.1, 0.15) is 45.7 Å². The molecule has 90 valence electrons. The van der Waals surface area contributed by atoms with Crippen molar-refractivity contribution in [2.75, 3.05) is 0 Å². The first-order valence-electron chi connectivity index (χ1n) is 5.78. The summed E-state index contributed by atoms with van der Waals surface area (Å²) in [7, 11) is 0. The van der Waals surface area contributed by atoms with Crippen LogP contribution in [0.5, 0.6) is 5.88 Å². The molecule has 1 heterocycles. The van der Waals surface area contributed by atoms with Gasteiger partial charge in [-0.1, -0.05) is 6.92 Å². The van der Waals surface area contributed by atoms with Crippen molar-refractivity contribution in [2.24, 2.45) is 5.73 Å². The second-order valence-electron chi connectivity index (χ2n) is 4.32. The van der Waals surface area contributed by atoms with E-state index in [1.165, 1.54) is 0 Å². The largest absolute Gasteiger partial charge is 0.474 e. The summed E-state index contributed by atoms with van der Waals surface area (Å²) in [6, 6.07) is 0.0774. The van der Waals surface area contributed by atoms with Crippen LogP contribution in [-0.4, -0.2) is 22.1 Å². The van der Waals surface area contributed by atoms with E-state index in [9.17, 15) is 0 Å². The van der Waals surface area contributed by atoms with Crippen molar-refractivity contribution in [2.45, 2.75) is 52.2 Å². The Labute approximate surface area is 97.2 Å². The van der Waals surface area contributed by atoms with Crippen molar-refractivity contribution in [3.8, 4) is 5.88 Å². The Hall–Kier alpha value is -1.16. The zero-order valence-corrected chi connectivity index (χ0v) is 10.5. The van der Waals surface area contributed by atoms with Gasteiger partial charge in [0, 0.05) is 18.2 Å². The molecule has 0 aliphatic carbocycles. The third kappa shape index (κ3) is 3.45. The maximum absolute atomic E-state index is 5.92. The van der Waals surface area contributed by atoms with Crippen LogP contribution in [0.3, 0.4) is 0 Å². The summed E-state index contributed by atoms with van der Waals surface area (Å²) in [6.07, 6.45) is 4.47. The van der Waals surface area contributed by atoms with Crippen LogP contribution in [0, 0.1) is 0 Å². The third-order valence-corrected chi connectivity index (χ3v) is 2.44. The Bertz CT molecular complexity index is 326. The van der Waals surface area contributed by atoms with Crippen molar-refractivity contribution in [1.29, 1.82) is 0 Å². The van der Waals surface area contributed by atoms with E-state index in [1.807, 2.05) is 20.8 Å². The second-order valence-corrected chi connectivity index (χ2v) is 4.32. The molecule has 1 aromatic rings. The Kier molecular flexibility index (Phi) is 4.68. The van der Waals surface area contributed by atoms with Crippen molar-refractivity contribution >= 4 is 0 Å².